The lowest BCUT2D eigenvalue weighted by molar-refractivity contribution is 0.0802. The average Bonchev–Trinajstić information content (AvgIpc) is 3.29. The fourth-order valence-corrected chi connectivity index (χ4v) is 5.74. The highest BCUT2D eigenvalue weighted by Crippen LogP contribution is 2.36. The van der Waals surface area contributed by atoms with E-state index in [0.717, 1.165) is 45.3 Å². The van der Waals surface area contributed by atoms with E-state index < -0.39 is 5.54 Å². The first-order valence-electron chi connectivity index (χ1n) is 13.5. The molecule has 0 spiro atoms. The van der Waals surface area contributed by atoms with Gasteiger partial charge in [-0.15, -0.1) is 0 Å². The van der Waals surface area contributed by atoms with E-state index >= 15 is 0 Å². The minimum atomic E-state index is -0.813. The first-order valence-corrected chi connectivity index (χ1v) is 13.9. The van der Waals surface area contributed by atoms with Gasteiger partial charge < -0.3 is 25.5 Å². The molecule has 0 fully saturated rings. The third-order valence-corrected chi connectivity index (χ3v) is 7.87. The van der Waals surface area contributed by atoms with Crippen LogP contribution in [0.2, 0.25) is 5.02 Å². The Balaban J connectivity index is 1.49. The number of ether oxygens (including phenoxy) is 1. The van der Waals surface area contributed by atoms with Gasteiger partial charge in [0.25, 0.3) is 11.8 Å². The number of hydrogen-bond acceptors (Lipinski definition) is 4. The first kappa shape index (κ1) is 27.7. The highest BCUT2D eigenvalue weighted by atomic mass is 35.5. The van der Waals surface area contributed by atoms with Crippen LogP contribution < -0.4 is 15.4 Å². The summed E-state index contributed by atoms with van der Waals surface area (Å²) < 4.78 is 6.01. The molecular formula is C32H34ClN3O4. The molecule has 1 aromatic heterocycles. The molecule has 40 heavy (non-hydrogen) atoms. The van der Waals surface area contributed by atoms with Crippen LogP contribution in [0.5, 0.6) is 5.75 Å². The molecule has 1 aliphatic carbocycles. The maximum absolute atomic E-state index is 13.9. The van der Waals surface area contributed by atoms with Crippen molar-refractivity contribution in [2.75, 3.05) is 13.7 Å². The number of halogens is 1. The van der Waals surface area contributed by atoms with E-state index in [2.05, 4.69) is 40.7 Å². The van der Waals surface area contributed by atoms with Crippen molar-refractivity contribution in [2.24, 2.45) is 0 Å². The lowest BCUT2D eigenvalue weighted by atomic mass is 9.80. The minimum Gasteiger partial charge on any atom is -0.490 e. The number of fused-ring (bicyclic) bond motifs is 3. The Morgan fingerprint density at radius 3 is 2.50 bits per heavy atom. The quantitative estimate of drug-likeness (QED) is 0.237. The number of aliphatic hydroxyl groups is 1. The molecule has 2 amide bonds. The van der Waals surface area contributed by atoms with Crippen molar-refractivity contribution in [1.29, 1.82) is 0 Å². The Bertz CT molecular complexity index is 1610. The maximum Gasteiger partial charge on any atom is 0.255 e. The zero-order chi connectivity index (χ0) is 28.6. The molecule has 4 N–H and O–H groups in total. The van der Waals surface area contributed by atoms with Gasteiger partial charge in [-0.1, -0.05) is 35.4 Å². The molecule has 0 saturated carbocycles. The van der Waals surface area contributed by atoms with Crippen molar-refractivity contribution < 1.29 is 19.4 Å². The maximum atomic E-state index is 13.9. The Morgan fingerprint density at radius 2 is 1.80 bits per heavy atom. The summed E-state index contributed by atoms with van der Waals surface area (Å²) in [6.45, 7) is 5.69. The number of aromatic nitrogens is 1. The summed E-state index contributed by atoms with van der Waals surface area (Å²) in [6, 6.07) is 16.9. The fraction of sp³-hybridized carbons (Fsp3) is 0.312. The minimum absolute atomic E-state index is 0.141. The highest BCUT2D eigenvalue weighted by Gasteiger charge is 2.38. The number of aromatic amines is 1. The number of aryl methyl sites for hydroxylation is 2. The summed E-state index contributed by atoms with van der Waals surface area (Å²) >= 11 is 6.41. The molecule has 3 aromatic carbocycles. The average molecular weight is 560 g/mol. The first-order chi connectivity index (χ1) is 19.1. The predicted molar refractivity (Wildman–Crippen MR) is 158 cm³/mol. The van der Waals surface area contributed by atoms with Crippen LogP contribution in [-0.2, 0) is 12.8 Å². The van der Waals surface area contributed by atoms with Crippen molar-refractivity contribution in [3.63, 3.8) is 0 Å². The van der Waals surface area contributed by atoms with Crippen molar-refractivity contribution >= 4 is 34.3 Å². The van der Waals surface area contributed by atoms with E-state index in [1.165, 1.54) is 0 Å². The third kappa shape index (κ3) is 5.31. The van der Waals surface area contributed by atoms with Crippen LogP contribution in [0.3, 0.4) is 0 Å². The van der Waals surface area contributed by atoms with Gasteiger partial charge in [-0.05, 0) is 86.7 Å². The van der Waals surface area contributed by atoms with Crippen LogP contribution in [0.4, 0.5) is 0 Å². The third-order valence-electron chi connectivity index (χ3n) is 7.56. The van der Waals surface area contributed by atoms with Gasteiger partial charge in [-0.3, -0.25) is 9.59 Å². The number of hydrogen-bond donors (Lipinski definition) is 4. The zero-order valence-corrected chi connectivity index (χ0v) is 23.9. The summed E-state index contributed by atoms with van der Waals surface area (Å²) in [6.07, 6.45) is 1.70. The topological polar surface area (TPSA) is 103 Å². The van der Waals surface area contributed by atoms with Crippen LogP contribution >= 0.6 is 11.6 Å². The van der Waals surface area contributed by atoms with Crippen LogP contribution in [0, 0.1) is 6.92 Å². The second kappa shape index (κ2) is 11.0. The number of H-pyrrole nitrogens is 1. The Labute approximate surface area is 238 Å². The molecule has 0 radical (unpaired) electrons. The molecule has 8 heteroatoms. The van der Waals surface area contributed by atoms with Gasteiger partial charge in [-0.25, -0.2) is 0 Å². The monoisotopic (exact) mass is 559 g/mol. The molecule has 0 saturated heterocycles. The Morgan fingerprint density at radius 1 is 1.05 bits per heavy atom. The number of benzene rings is 3. The molecule has 7 nitrogen and oxygen atoms in total. The largest absolute Gasteiger partial charge is 0.490 e. The molecule has 1 unspecified atom stereocenters. The van der Waals surface area contributed by atoms with E-state index in [-0.39, 0.29) is 24.5 Å². The van der Waals surface area contributed by atoms with Crippen molar-refractivity contribution in [1.82, 2.24) is 15.6 Å². The zero-order valence-electron chi connectivity index (χ0n) is 23.2. The van der Waals surface area contributed by atoms with E-state index in [0.29, 0.717) is 34.7 Å². The smallest absolute Gasteiger partial charge is 0.255 e. The summed E-state index contributed by atoms with van der Waals surface area (Å²) in [5, 5.41) is 17.8. The van der Waals surface area contributed by atoms with Gasteiger partial charge in [0.2, 0.25) is 0 Å². The van der Waals surface area contributed by atoms with Crippen molar-refractivity contribution in [2.45, 2.75) is 51.7 Å². The summed E-state index contributed by atoms with van der Waals surface area (Å²) in [5.74, 6) is -0.136. The van der Waals surface area contributed by atoms with Crippen LogP contribution in [0.1, 0.15) is 57.8 Å². The van der Waals surface area contributed by atoms with Gasteiger partial charge in [0, 0.05) is 30.1 Å². The molecule has 0 aliphatic heterocycles. The number of rotatable bonds is 7. The number of nitrogens with one attached hydrogen (secondary N) is 3. The van der Waals surface area contributed by atoms with E-state index in [4.69, 9.17) is 16.3 Å². The number of carbonyl (C=O) groups is 2. The summed E-state index contributed by atoms with van der Waals surface area (Å²) in [4.78, 5) is 29.5. The van der Waals surface area contributed by atoms with E-state index in [1.54, 1.807) is 37.4 Å². The summed E-state index contributed by atoms with van der Waals surface area (Å²) in [7, 11) is 1.55. The number of aliphatic hydroxyl groups excluding tert-OH is 1. The van der Waals surface area contributed by atoms with Crippen molar-refractivity contribution in [3.8, 4) is 16.9 Å². The van der Waals surface area contributed by atoms with Crippen molar-refractivity contribution in [3.05, 3.63) is 87.6 Å². The van der Waals surface area contributed by atoms with E-state index in [9.17, 15) is 14.7 Å². The molecule has 1 aliphatic rings. The van der Waals surface area contributed by atoms with Gasteiger partial charge in [-0.2, -0.15) is 0 Å². The molecule has 5 rings (SSSR count). The molecular weight excluding hydrogens is 526 g/mol. The fourth-order valence-electron chi connectivity index (χ4n) is 5.47. The molecule has 1 heterocycles. The lowest BCUT2D eigenvalue weighted by Gasteiger charge is -2.37. The lowest BCUT2D eigenvalue weighted by Crippen LogP contribution is -2.54. The number of amides is 2. The van der Waals surface area contributed by atoms with Crippen LogP contribution in [0.25, 0.3) is 22.0 Å². The molecule has 208 valence electrons. The second-order valence-corrected chi connectivity index (χ2v) is 11.3. The molecule has 0 bridgehead atoms. The van der Waals surface area contributed by atoms with Crippen LogP contribution in [-0.4, -0.2) is 47.2 Å². The summed E-state index contributed by atoms with van der Waals surface area (Å²) in [5.41, 5.74) is 5.96. The van der Waals surface area contributed by atoms with Gasteiger partial charge >= 0.3 is 0 Å². The standard InChI is InChI=1S/C32H34ClN3O4/c1-18(2)40-29-10-7-20(21-6-8-22(26(33)15-21)30(38)34-4)14-24(29)31(39)36-32(17-37)12-11-28-25(16-32)23-13-19(3)5-9-27(23)35-28/h5-10,13-15,18,35,37H,11-12,16-17H2,1-4H3,(H,34,38)(H,36,39). The van der Waals surface area contributed by atoms with Gasteiger partial charge in [0.1, 0.15) is 5.75 Å². The molecule has 4 aromatic rings. The highest BCUT2D eigenvalue weighted by molar-refractivity contribution is 6.34. The second-order valence-electron chi connectivity index (χ2n) is 10.9. The van der Waals surface area contributed by atoms with E-state index in [1.807, 2.05) is 19.9 Å². The Hall–Kier alpha value is -3.81. The molecule has 1 atom stereocenters. The number of carbonyl (C=O) groups excluding carboxylic acids is 2. The van der Waals surface area contributed by atoms with Crippen LogP contribution in [0.15, 0.2) is 54.6 Å². The SMILES string of the molecule is CNC(=O)c1ccc(-c2ccc(OC(C)C)c(C(=O)NC3(CO)CCc4[nH]c5ccc(C)cc5c4C3)c2)cc1Cl. The Kier molecular flexibility index (Phi) is 7.62. The predicted octanol–water partition coefficient (Wildman–Crippen LogP) is 5.59. The van der Waals surface area contributed by atoms with Gasteiger partial charge in [0.15, 0.2) is 0 Å². The normalized spacial score (nSPS) is 16.6. The van der Waals surface area contributed by atoms with Gasteiger partial charge in [0.05, 0.1) is 34.4 Å².